The van der Waals surface area contributed by atoms with Crippen LogP contribution >= 0.6 is 0 Å². The van der Waals surface area contributed by atoms with E-state index in [1.165, 1.54) is 36.8 Å². The molecule has 30 heavy (non-hydrogen) atoms. The summed E-state index contributed by atoms with van der Waals surface area (Å²) < 4.78 is 6.27. The van der Waals surface area contributed by atoms with Gasteiger partial charge in [0.1, 0.15) is 5.75 Å². The second kappa shape index (κ2) is 10.2. The lowest BCUT2D eigenvalue weighted by Gasteiger charge is -2.28. The number of hydrogen-bond acceptors (Lipinski definition) is 4. The van der Waals surface area contributed by atoms with E-state index in [-0.39, 0.29) is 6.03 Å². The zero-order valence-corrected chi connectivity index (χ0v) is 17.4. The number of aromatic nitrogens is 2. The number of hydrogen-bond donors (Lipinski definition) is 1. The fourth-order valence-corrected chi connectivity index (χ4v) is 4.16. The molecule has 1 aliphatic heterocycles. The third kappa shape index (κ3) is 5.81. The van der Waals surface area contributed by atoms with E-state index in [2.05, 4.69) is 45.9 Å². The van der Waals surface area contributed by atoms with Crippen molar-refractivity contribution < 1.29 is 9.53 Å². The molecule has 0 atom stereocenters. The summed E-state index contributed by atoms with van der Waals surface area (Å²) in [5, 5.41) is 10.5. The number of urea groups is 1. The molecule has 1 aliphatic carbocycles. The Morgan fingerprint density at radius 3 is 2.60 bits per heavy atom. The van der Waals surface area contributed by atoms with E-state index in [1.54, 1.807) is 18.3 Å². The number of rotatable bonds is 4. The monoisotopic (exact) mass is 406 g/mol. The standard InChI is InChI=1S/C24H30N4O2/c29-24(26-23-11-6-14-25-27-23)28-15-12-19(13-16-28)17-20-7-5-10-22(18-20)30-21-8-3-1-2-4-9-21/h5-7,10-11,14,17-18,21H,1-4,8-9,12-13,15-16H2,(H,26,27,29). The Kier molecular flexibility index (Phi) is 6.95. The molecule has 6 heteroatoms. The van der Waals surface area contributed by atoms with E-state index >= 15 is 0 Å². The molecule has 0 spiro atoms. The van der Waals surface area contributed by atoms with Gasteiger partial charge in [0.25, 0.3) is 0 Å². The second-order valence-corrected chi connectivity index (χ2v) is 8.13. The van der Waals surface area contributed by atoms with Gasteiger partial charge in [-0.15, -0.1) is 5.10 Å². The summed E-state index contributed by atoms with van der Waals surface area (Å²) in [4.78, 5) is 14.2. The second-order valence-electron chi connectivity index (χ2n) is 8.13. The van der Waals surface area contributed by atoms with E-state index in [0.29, 0.717) is 25.0 Å². The average molecular weight is 407 g/mol. The molecule has 0 bridgehead atoms. The molecule has 1 aromatic carbocycles. The van der Waals surface area contributed by atoms with Gasteiger partial charge in [0.2, 0.25) is 0 Å². The van der Waals surface area contributed by atoms with Crippen LogP contribution in [0.3, 0.4) is 0 Å². The molecule has 1 saturated carbocycles. The molecule has 0 radical (unpaired) electrons. The van der Waals surface area contributed by atoms with Gasteiger partial charge in [-0.2, -0.15) is 5.10 Å². The van der Waals surface area contributed by atoms with Gasteiger partial charge in [-0.1, -0.05) is 36.6 Å². The maximum absolute atomic E-state index is 12.4. The number of anilines is 1. The van der Waals surface area contributed by atoms with Crippen LogP contribution in [0.15, 0.2) is 48.2 Å². The molecule has 0 unspecified atom stereocenters. The fourth-order valence-electron chi connectivity index (χ4n) is 4.16. The van der Waals surface area contributed by atoms with Gasteiger partial charge in [0.15, 0.2) is 5.82 Å². The third-order valence-electron chi connectivity index (χ3n) is 5.83. The number of benzene rings is 1. The van der Waals surface area contributed by atoms with Crippen LogP contribution in [0.2, 0.25) is 0 Å². The van der Waals surface area contributed by atoms with E-state index < -0.39 is 0 Å². The number of ether oxygens (including phenoxy) is 1. The summed E-state index contributed by atoms with van der Waals surface area (Å²) in [6.07, 6.45) is 13.5. The molecule has 4 rings (SSSR count). The highest BCUT2D eigenvalue weighted by molar-refractivity contribution is 5.88. The zero-order valence-electron chi connectivity index (χ0n) is 17.4. The summed E-state index contributed by atoms with van der Waals surface area (Å²) >= 11 is 0. The van der Waals surface area contributed by atoms with Crippen molar-refractivity contribution >= 4 is 17.9 Å². The molecule has 2 aliphatic rings. The SMILES string of the molecule is O=C(Nc1cccnn1)N1CCC(=Cc2cccc(OC3CCCCCC3)c2)CC1. The molecule has 1 saturated heterocycles. The molecule has 2 aromatic rings. The van der Waals surface area contributed by atoms with Crippen LogP contribution in [-0.2, 0) is 0 Å². The molecular formula is C24H30N4O2. The fraction of sp³-hybridized carbons (Fsp3) is 0.458. The first-order valence-electron chi connectivity index (χ1n) is 11.1. The minimum absolute atomic E-state index is 0.117. The Morgan fingerprint density at radius 2 is 1.87 bits per heavy atom. The largest absolute Gasteiger partial charge is 0.490 e. The van der Waals surface area contributed by atoms with Crippen LogP contribution < -0.4 is 10.1 Å². The van der Waals surface area contributed by atoms with Crippen LogP contribution in [-0.4, -0.2) is 40.3 Å². The predicted molar refractivity (Wildman–Crippen MR) is 118 cm³/mol. The Hall–Kier alpha value is -2.89. The van der Waals surface area contributed by atoms with Gasteiger partial charge >= 0.3 is 6.03 Å². The molecule has 2 fully saturated rings. The van der Waals surface area contributed by atoms with Gasteiger partial charge in [-0.25, -0.2) is 4.79 Å². The Bertz CT molecular complexity index is 851. The first-order valence-corrected chi connectivity index (χ1v) is 11.1. The smallest absolute Gasteiger partial charge is 0.323 e. The van der Waals surface area contributed by atoms with E-state index in [1.807, 2.05) is 4.90 Å². The molecule has 2 amide bonds. The molecule has 2 heterocycles. The summed E-state index contributed by atoms with van der Waals surface area (Å²) in [5.74, 6) is 1.45. The number of carbonyl (C=O) groups is 1. The van der Waals surface area contributed by atoms with E-state index in [0.717, 1.165) is 31.4 Å². The van der Waals surface area contributed by atoms with Crippen molar-refractivity contribution in [2.24, 2.45) is 0 Å². The summed E-state index contributed by atoms with van der Waals surface area (Å²) in [6.45, 7) is 1.41. The molecule has 1 aromatic heterocycles. The number of amides is 2. The first-order chi connectivity index (χ1) is 14.8. The van der Waals surface area contributed by atoms with Crippen LogP contribution in [0.4, 0.5) is 10.6 Å². The number of nitrogens with zero attached hydrogens (tertiary/aromatic N) is 3. The van der Waals surface area contributed by atoms with Crippen LogP contribution in [0.25, 0.3) is 6.08 Å². The maximum atomic E-state index is 12.4. The molecule has 1 N–H and O–H groups in total. The maximum Gasteiger partial charge on any atom is 0.323 e. The van der Waals surface area contributed by atoms with Crippen molar-refractivity contribution in [3.8, 4) is 5.75 Å². The average Bonchev–Trinajstić information content (AvgIpc) is 3.04. The van der Waals surface area contributed by atoms with Crippen LogP contribution in [0.5, 0.6) is 5.75 Å². The van der Waals surface area contributed by atoms with Gasteiger partial charge in [0, 0.05) is 19.3 Å². The van der Waals surface area contributed by atoms with Crippen LogP contribution in [0.1, 0.15) is 56.9 Å². The molecule has 6 nitrogen and oxygen atoms in total. The lowest BCUT2D eigenvalue weighted by molar-refractivity contribution is 0.183. The van der Waals surface area contributed by atoms with Gasteiger partial charge in [-0.3, -0.25) is 5.32 Å². The number of nitrogens with one attached hydrogen (secondary N) is 1. The van der Waals surface area contributed by atoms with Crippen molar-refractivity contribution in [2.75, 3.05) is 18.4 Å². The third-order valence-corrected chi connectivity index (χ3v) is 5.83. The van der Waals surface area contributed by atoms with Gasteiger partial charge in [0.05, 0.1) is 6.10 Å². The normalized spacial score (nSPS) is 17.9. The highest BCUT2D eigenvalue weighted by atomic mass is 16.5. The number of carbonyl (C=O) groups excluding carboxylic acids is 1. The lowest BCUT2D eigenvalue weighted by atomic mass is 10.0. The Labute approximate surface area is 178 Å². The summed E-state index contributed by atoms with van der Waals surface area (Å²) in [5.41, 5.74) is 2.54. The molecular weight excluding hydrogens is 376 g/mol. The quantitative estimate of drug-likeness (QED) is 0.701. The lowest BCUT2D eigenvalue weighted by Crippen LogP contribution is -2.39. The van der Waals surface area contributed by atoms with Crippen molar-refractivity contribution in [1.29, 1.82) is 0 Å². The van der Waals surface area contributed by atoms with Crippen LogP contribution in [0, 0.1) is 0 Å². The van der Waals surface area contributed by atoms with Crippen molar-refractivity contribution in [2.45, 2.75) is 57.5 Å². The highest BCUT2D eigenvalue weighted by Gasteiger charge is 2.19. The van der Waals surface area contributed by atoms with Crippen molar-refractivity contribution in [3.05, 3.63) is 53.7 Å². The zero-order chi connectivity index (χ0) is 20.6. The van der Waals surface area contributed by atoms with Gasteiger partial charge < -0.3 is 9.64 Å². The van der Waals surface area contributed by atoms with E-state index in [4.69, 9.17) is 4.74 Å². The van der Waals surface area contributed by atoms with Crippen molar-refractivity contribution in [1.82, 2.24) is 15.1 Å². The Morgan fingerprint density at radius 1 is 1.07 bits per heavy atom. The number of piperidine rings is 1. The Balaban J connectivity index is 1.31. The first kappa shape index (κ1) is 20.4. The van der Waals surface area contributed by atoms with Crippen molar-refractivity contribution in [3.63, 3.8) is 0 Å². The predicted octanol–water partition coefficient (Wildman–Crippen LogP) is 5.29. The minimum atomic E-state index is -0.117. The number of likely N-dealkylation sites (tertiary alicyclic amines) is 1. The highest BCUT2D eigenvalue weighted by Crippen LogP contribution is 2.25. The topological polar surface area (TPSA) is 67.4 Å². The summed E-state index contributed by atoms with van der Waals surface area (Å²) in [6, 6.07) is 11.8. The van der Waals surface area contributed by atoms with Gasteiger partial charge in [-0.05, 0) is 68.4 Å². The molecule has 158 valence electrons. The van der Waals surface area contributed by atoms with E-state index in [9.17, 15) is 4.79 Å². The minimum Gasteiger partial charge on any atom is -0.490 e. The summed E-state index contributed by atoms with van der Waals surface area (Å²) in [7, 11) is 0.